The van der Waals surface area contributed by atoms with E-state index in [4.69, 9.17) is 21.1 Å². The number of hydrogen-bond donors (Lipinski definition) is 1. The molecule has 1 N–H and O–H groups in total. The van der Waals surface area contributed by atoms with Crippen LogP contribution in [0.1, 0.15) is 11.1 Å². The number of rotatable bonds is 6. The topological polar surface area (TPSA) is 67.9 Å². The predicted molar refractivity (Wildman–Crippen MR) is 131 cm³/mol. The zero-order valence-corrected chi connectivity index (χ0v) is 20.0. The number of amides is 2. The molecule has 1 aliphatic heterocycles. The first-order chi connectivity index (χ1) is 15.9. The van der Waals surface area contributed by atoms with E-state index < -0.39 is 5.91 Å². The Hall–Kier alpha value is -3.29. The molecular weight excluding hydrogens is 508 g/mol. The van der Waals surface area contributed by atoms with Crippen molar-refractivity contribution in [2.75, 3.05) is 18.6 Å². The zero-order chi connectivity index (χ0) is 23.4. The predicted octanol–water partition coefficient (Wildman–Crippen LogP) is 5.19. The van der Waals surface area contributed by atoms with Gasteiger partial charge < -0.3 is 14.8 Å². The van der Waals surface area contributed by atoms with E-state index in [1.807, 2.05) is 30.3 Å². The van der Waals surface area contributed by atoms with Crippen LogP contribution in [-0.2, 0) is 16.1 Å². The highest BCUT2D eigenvalue weighted by Crippen LogP contribution is 2.36. The van der Waals surface area contributed by atoms with Gasteiger partial charge in [0.25, 0.3) is 5.91 Å². The third-order valence-corrected chi connectivity index (χ3v) is 5.88. The van der Waals surface area contributed by atoms with Crippen LogP contribution in [-0.4, -0.2) is 25.5 Å². The normalized spacial score (nSPS) is 14.0. The van der Waals surface area contributed by atoms with E-state index in [-0.39, 0.29) is 18.2 Å². The number of fused-ring (bicyclic) bond motifs is 1. The Kier molecular flexibility index (Phi) is 7.01. The molecule has 0 saturated carbocycles. The van der Waals surface area contributed by atoms with Gasteiger partial charge in [-0.05, 0) is 69.5 Å². The molecule has 6 nitrogen and oxygen atoms in total. The van der Waals surface area contributed by atoms with Crippen molar-refractivity contribution >= 4 is 51.1 Å². The number of methoxy groups -OCH3 is 1. The Morgan fingerprint density at radius 3 is 2.64 bits per heavy atom. The minimum Gasteiger partial charge on any atom is -0.496 e. The lowest BCUT2D eigenvalue weighted by Gasteiger charge is -2.30. The molecule has 4 rings (SSSR count). The first-order valence-corrected chi connectivity index (χ1v) is 11.3. The second kappa shape index (κ2) is 10.1. The maximum Gasteiger partial charge on any atom is 0.294 e. The molecule has 168 valence electrons. The van der Waals surface area contributed by atoms with Crippen LogP contribution in [0.4, 0.5) is 5.69 Å². The molecule has 0 bridgehead atoms. The largest absolute Gasteiger partial charge is 0.496 e. The summed E-state index contributed by atoms with van der Waals surface area (Å²) in [4.78, 5) is 27.3. The fourth-order valence-corrected chi connectivity index (χ4v) is 4.03. The van der Waals surface area contributed by atoms with Crippen molar-refractivity contribution in [2.45, 2.75) is 6.54 Å². The average Bonchev–Trinajstić information content (AvgIpc) is 2.81. The Morgan fingerprint density at radius 2 is 1.91 bits per heavy atom. The second-order valence-corrected chi connectivity index (χ2v) is 8.56. The fourth-order valence-electron chi connectivity index (χ4n) is 3.35. The van der Waals surface area contributed by atoms with Crippen LogP contribution in [0.3, 0.4) is 0 Å². The van der Waals surface area contributed by atoms with Crippen LogP contribution in [0.2, 0.25) is 5.02 Å². The van der Waals surface area contributed by atoms with Gasteiger partial charge in [-0.2, -0.15) is 0 Å². The van der Waals surface area contributed by atoms with Gasteiger partial charge in [0.05, 0.1) is 17.3 Å². The number of halogens is 2. The highest BCUT2D eigenvalue weighted by molar-refractivity contribution is 9.10. The molecule has 0 spiro atoms. The van der Waals surface area contributed by atoms with Gasteiger partial charge in [0.15, 0.2) is 11.5 Å². The molecule has 3 aromatic carbocycles. The quantitative estimate of drug-likeness (QED) is 0.448. The molecule has 1 heterocycles. The third kappa shape index (κ3) is 5.38. The summed E-state index contributed by atoms with van der Waals surface area (Å²) in [6.07, 6.45) is 1.64. The van der Waals surface area contributed by atoms with Crippen molar-refractivity contribution in [2.24, 2.45) is 0 Å². The van der Waals surface area contributed by atoms with Crippen molar-refractivity contribution in [1.82, 2.24) is 5.32 Å². The summed E-state index contributed by atoms with van der Waals surface area (Å²) >= 11 is 9.35. The molecule has 8 heteroatoms. The van der Waals surface area contributed by atoms with Gasteiger partial charge in [0, 0.05) is 11.6 Å². The minimum atomic E-state index is -0.401. The van der Waals surface area contributed by atoms with Gasteiger partial charge in [-0.15, -0.1) is 0 Å². The molecule has 1 aliphatic rings. The van der Waals surface area contributed by atoms with Crippen LogP contribution in [0.5, 0.6) is 11.5 Å². The second-order valence-electron chi connectivity index (χ2n) is 7.27. The average molecular weight is 528 g/mol. The lowest BCUT2D eigenvalue weighted by Crippen LogP contribution is -2.44. The molecular formula is C25H20BrClN2O4. The maximum absolute atomic E-state index is 13.2. The van der Waals surface area contributed by atoms with Crippen molar-refractivity contribution in [3.63, 3.8) is 0 Å². The molecule has 2 amide bonds. The van der Waals surface area contributed by atoms with E-state index in [0.29, 0.717) is 28.8 Å². The number of ether oxygens (including phenoxy) is 2. The molecule has 0 aliphatic carbocycles. The molecule has 0 saturated heterocycles. The Morgan fingerprint density at radius 1 is 1.15 bits per heavy atom. The molecule has 33 heavy (non-hydrogen) atoms. The first-order valence-electron chi connectivity index (χ1n) is 10.1. The van der Waals surface area contributed by atoms with Crippen molar-refractivity contribution < 1.29 is 19.1 Å². The van der Waals surface area contributed by atoms with Crippen LogP contribution in [0.15, 0.2) is 77.0 Å². The zero-order valence-electron chi connectivity index (χ0n) is 17.7. The van der Waals surface area contributed by atoms with Crippen molar-refractivity contribution in [3.05, 3.63) is 93.1 Å². The fraction of sp³-hybridized carbons (Fsp3) is 0.120. The summed E-state index contributed by atoms with van der Waals surface area (Å²) in [6.45, 7) is 0.190. The minimum absolute atomic E-state index is 0.122. The Labute approximate surface area is 204 Å². The molecule has 0 radical (unpaired) electrons. The van der Waals surface area contributed by atoms with Gasteiger partial charge in [0.2, 0.25) is 5.91 Å². The molecule has 0 unspecified atom stereocenters. The maximum atomic E-state index is 13.2. The highest BCUT2D eigenvalue weighted by atomic mass is 79.9. The van der Waals surface area contributed by atoms with Gasteiger partial charge in [-0.1, -0.05) is 41.9 Å². The molecule has 0 fully saturated rings. The van der Waals surface area contributed by atoms with Gasteiger partial charge in [-0.3, -0.25) is 14.5 Å². The number of nitrogens with zero attached hydrogens (tertiary/aromatic N) is 1. The third-order valence-electron chi connectivity index (χ3n) is 5.01. The van der Waals surface area contributed by atoms with E-state index >= 15 is 0 Å². The number of anilines is 1. The SMILES string of the molecule is COc1ccc(C=C2Oc3ccccc3N(CC(=O)NCc3ccc(Cl)cc3)C2=O)cc1Br. The van der Waals surface area contributed by atoms with Crippen LogP contribution in [0, 0.1) is 0 Å². The molecule has 3 aromatic rings. The van der Waals surface area contributed by atoms with Gasteiger partial charge in [0.1, 0.15) is 12.3 Å². The van der Waals surface area contributed by atoms with E-state index in [1.54, 1.807) is 49.6 Å². The van der Waals surface area contributed by atoms with Gasteiger partial charge in [-0.25, -0.2) is 0 Å². The number of nitrogens with one attached hydrogen (secondary N) is 1. The molecule has 0 aromatic heterocycles. The smallest absolute Gasteiger partial charge is 0.294 e. The summed E-state index contributed by atoms with van der Waals surface area (Å²) < 4.78 is 11.9. The van der Waals surface area contributed by atoms with Crippen LogP contribution >= 0.6 is 27.5 Å². The monoisotopic (exact) mass is 526 g/mol. The summed E-state index contributed by atoms with van der Waals surface area (Å²) in [5.41, 5.74) is 2.20. The van der Waals surface area contributed by atoms with Crippen molar-refractivity contribution in [3.8, 4) is 11.5 Å². The lowest BCUT2D eigenvalue weighted by molar-refractivity contribution is -0.123. The Balaban J connectivity index is 1.55. The number of carbonyl (C=O) groups excluding carboxylic acids is 2. The summed E-state index contributed by atoms with van der Waals surface area (Å²) in [5.74, 6) is 0.610. The van der Waals surface area contributed by atoms with Crippen LogP contribution in [0.25, 0.3) is 6.08 Å². The highest BCUT2D eigenvalue weighted by Gasteiger charge is 2.31. The number of hydrogen-bond acceptors (Lipinski definition) is 4. The van der Waals surface area contributed by atoms with E-state index in [2.05, 4.69) is 21.2 Å². The van der Waals surface area contributed by atoms with Crippen LogP contribution < -0.4 is 19.7 Å². The number of carbonyl (C=O) groups is 2. The number of para-hydroxylation sites is 2. The summed E-state index contributed by atoms with van der Waals surface area (Å²) in [6, 6.07) is 19.8. The lowest BCUT2D eigenvalue weighted by atomic mass is 10.1. The van der Waals surface area contributed by atoms with E-state index in [0.717, 1.165) is 15.6 Å². The van der Waals surface area contributed by atoms with E-state index in [9.17, 15) is 9.59 Å². The van der Waals surface area contributed by atoms with E-state index in [1.165, 1.54) is 4.90 Å². The number of benzene rings is 3. The summed E-state index contributed by atoms with van der Waals surface area (Å²) in [7, 11) is 1.58. The first kappa shape index (κ1) is 22.9. The molecule has 0 atom stereocenters. The van der Waals surface area contributed by atoms with Crippen molar-refractivity contribution in [1.29, 1.82) is 0 Å². The Bertz CT molecular complexity index is 1230. The van der Waals surface area contributed by atoms with Gasteiger partial charge >= 0.3 is 0 Å². The standard InChI is InChI=1S/C25H20BrClN2O4/c1-32-21-11-8-17(12-19(21)26)13-23-25(31)29(20-4-2-3-5-22(20)33-23)15-24(30)28-14-16-6-9-18(27)10-7-16/h2-13H,14-15H2,1H3,(H,28,30). The summed E-state index contributed by atoms with van der Waals surface area (Å²) in [5, 5.41) is 3.47.